The molecule has 0 bridgehead atoms. The number of nitrogens with one attached hydrogen (secondary N) is 1. The standard InChI is InChI=1S/C26H24BrN5S/c1-16-14-19(10-11-21(16)27)32-25(24(30-26(32)33)22-8-4-6-12-28-22)20-15-17(2)31(18(20)3)23-9-5-7-13-29-23/h4-15,24-25H,1-3H3,(H,30,33)/t24-,25+/m0/s1. The van der Waals surface area contributed by atoms with Crippen LogP contribution in [-0.2, 0) is 0 Å². The maximum Gasteiger partial charge on any atom is 0.174 e. The molecule has 7 heteroatoms. The number of halogens is 1. The molecule has 0 saturated carbocycles. The van der Waals surface area contributed by atoms with E-state index in [1.807, 2.05) is 42.7 Å². The Morgan fingerprint density at radius 1 is 0.939 bits per heavy atom. The molecule has 1 aliphatic heterocycles. The molecule has 2 atom stereocenters. The van der Waals surface area contributed by atoms with Crippen molar-refractivity contribution < 1.29 is 0 Å². The van der Waals surface area contributed by atoms with Crippen molar-refractivity contribution in [3.05, 3.63) is 106 Å². The Kier molecular flexibility index (Phi) is 5.76. The SMILES string of the molecule is Cc1cc(N2C(=S)N[C@@H](c3ccccn3)[C@H]2c2cc(C)n(-c3ccccn3)c2C)ccc1Br. The van der Waals surface area contributed by atoms with Gasteiger partial charge in [0.15, 0.2) is 5.11 Å². The smallest absolute Gasteiger partial charge is 0.174 e. The fourth-order valence-corrected chi connectivity index (χ4v) is 5.25. The number of benzene rings is 1. The molecule has 5 nitrogen and oxygen atoms in total. The number of rotatable bonds is 4. The van der Waals surface area contributed by atoms with Crippen molar-refractivity contribution in [2.24, 2.45) is 0 Å². The van der Waals surface area contributed by atoms with Crippen LogP contribution >= 0.6 is 28.1 Å². The second kappa shape index (κ2) is 8.72. The van der Waals surface area contributed by atoms with Gasteiger partial charge in [-0.3, -0.25) is 4.98 Å². The van der Waals surface area contributed by atoms with Crippen LogP contribution in [0.5, 0.6) is 0 Å². The van der Waals surface area contributed by atoms with Crippen molar-refractivity contribution in [1.29, 1.82) is 0 Å². The normalized spacial score (nSPS) is 17.9. The topological polar surface area (TPSA) is 46.0 Å². The zero-order valence-corrected chi connectivity index (χ0v) is 21.1. The molecule has 0 radical (unpaired) electrons. The Balaban J connectivity index is 1.69. The quantitative estimate of drug-likeness (QED) is 0.329. The maximum absolute atomic E-state index is 5.89. The van der Waals surface area contributed by atoms with Crippen LogP contribution in [-0.4, -0.2) is 19.6 Å². The first kappa shape index (κ1) is 21.8. The number of nitrogens with zero attached hydrogens (tertiary/aromatic N) is 4. The first-order valence-electron chi connectivity index (χ1n) is 10.8. The minimum Gasteiger partial charge on any atom is -0.351 e. The van der Waals surface area contributed by atoms with Gasteiger partial charge in [-0.2, -0.15) is 0 Å². The molecule has 4 heterocycles. The summed E-state index contributed by atoms with van der Waals surface area (Å²) in [5.74, 6) is 0.910. The molecule has 1 aromatic carbocycles. The molecule has 0 amide bonds. The zero-order valence-electron chi connectivity index (χ0n) is 18.7. The third-order valence-electron chi connectivity index (χ3n) is 6.19. The Bertz CT molecular complexity index is 1320. The van der Waals surface area contributed by atoms with E-state index in [4.69, 9.17) is 12.2 Å². The number of aryl methyl sites for hydroxylation is 2. The number of aromatic nitrogens is 3. The summed E-state index contributed by atoms with van der Waals surface area (Å²) < 4.78 is 3.28. The second-order valence-electron chi connectivity index (χ2n) is 8.28. The number of thiocarbonyl (C=S) groups is 1. The summed E-state index contributed by atoms with van der Waals surface area (Å²) in [6, 6.07) is 20.5. The van der Waals surface area contributed by atoms with Gasteiger partial charge in [0.2, 0.25) is 0 Å². The lowest BCUT2D eigenvalue weighted by Crippen LogP contribution is -2.29. The van der Waals surface area contributed by atoms with E-state index in [1.54, 1.807) is 0 Å². The van der Waals surface area contributed by atoms with Crippen LogP contribution in [0.25, 0.3) is 5.82 Å². The van der Waals surface area contributed by atoms with Crippen LogP contribution in [0.1, 0.15) is 40.3 Å². The predicted molar refractivity (Wildman–Crippen MR) is 140 cm³/mol. The van der Waals surface area contributed by atoms with Gasteiger partial charge in [-0.25, -0.2) is 4.98 Å². The first-order valence-corrected chi connectivity index (χ1v) is 12.0. The average Bonchev–Trinajstić information content (AvgIpc) is 3.32. The van der Waals surface area contributed by atoms with Crippen LogP contribution in [0.15, 0.2) is 77.5 Å². The number of pyridine rings is 2. The molecule has 1 aliphatic rings. The van der Waals surface area contributed by atoms with Gasteiger partial charge < -0.3 is 14.8 Å². The minimum atomic E-state index is -0.0830. The van der Waals surface area contributed by atoms with E-state index in [0.29, 0.717) is 5.11 Å². The third-order valence-corrected chi connectivity index (χ3v) is 7.39. The molecule has 0 aliphatic carbocycles. The zero-order chi connectivity index (χ0) is 23.1. The Hall–Kier alpha value is -3.03. The van der Waals surface area contributed by atoms with Crippen molar-refractivity contribution >= 4 is 38.9 Å². The largest absolute Gasteiger partial charge is 0.351 e. The Labute approximate surface area is 207 Å². The molecule has 0 unspecified atom stereocenters. The molecule has 3 aromatic heterocycles. The fourth-order valence-electron chi connectivity index (χ4n) is 4.65. The van der Waals surface area contributed by atoms with Gasteiger partial charge in [0.25, 0.3) is 0 Å². The summed E-state index contributed by atoms with van der Waals surface area (Å²) in [4.78, 5) is 11.5. The highest BCUT2D eigenvalue weighted by Crippen LogP contribution is 2.44. The van der Waals surface area contributed by atoms with Gasteiger partial charge in [0.05, 0.1) is 17.8 Å². The first-order chi connectivity index (χ1) is 16.0. The molecular formula is C26H24BrN5S. The van der Waals surface area contributed by atoms with Gasteiger partial charge in [-0.1, -0.05) is 28.1 Å². The highest BCUT2D eigenvalue weighted by molar-refractivity contribution is 9.10. The van der Waals surface area contributed by atoms with Crippen molar-refractivity contribution in [2.75, 3.05) is 4.90 Å². The van der Waals surface area contributed by atoms with Gasteiger partial charge in [0, 0.05) is 33.9 Å². The van der Waals surface area contributed by atoms with Gasteiger partial charge in [-0.15, -0.1) is 0 Å². The average molecular weight is 518 g/mol. The van der Waals surface area contributed by atoms with Crippen LogP contribution in [0.4, 0.5) is 5.69 Å². The van der Waals surface area contributed by atoms with E-state index in [1.165, 1.54) is 5.56 Å². The summed E-state index contributed by atoms with van der Waals surface area (Å²) in [5, 5.41) is 4.25. The Morgan fingerprint density at radius 2 is 1.70 bits per heavy atom. The number of hydrogen-bond donors (Lipinski definition) is 1. The van der Waals surface area contributed by atoms with Gasteiger partial charge in [0.1, 0.15) is 5.82 Å². The van der Waals surface area contributed by atoms with Crippen LogP contribution < -0.4 is 10.2 Å². The fraction of sp³-hybridized carbons (Fsp3) is 0.192. The van der Waals surface area contributed by atoms with E-state index in [0.717, 1.165) is 38.6 Å². The summed E-state index contributed by atoms with van der Waals surface area (Å²) >= 11 is 9.51. The summed E-state index contributed by atoms with van der Waals surface area (Å²) in [6.45, 7) is 6.37. The van der Waals surface area contributed by atoms with E-state index in [9.17, 15) is 0 Å². The molecular weight excluding hydrogens is 494 g/mol. The maximum atomic E-state index is 5.89. The van der Waals surface area contributed by atoms with Crippen LogP contribution in [0.3, 0.4) is 0 Å². The van der Waals surface area contributed by atoms with Crippen molar-refractivity contribution in [3.8, 4) is 5.82 Å². The predicted octanol–water partition coefficient (Wildman–Crippen LogP) is 6.13. The van der Waals surface area contributed by atoms with E-state index in [-0.39, 0.29) is 12.1 Å². The van der Waals surface area contributed by atoms with Gasteiger partial charge >= 0.3 is 0 Å². The monoisotopic (exact) mass is 517 g/mol. The molecule has 1 saturated heterocycles. The van der Waals surface area contributed by atoms with Gasteiger partial charge in [-0.05, 0) is 92.6 Å². The highest BCUT2D eigenvalue weighted by atomic mass is 79.9. The third kappa shape index (κ3) is 3.85. The van der Waals surface area contributed by atoms with Crippen molar-refractivity contribution in [2.45, 2.75) is 32.9 Å². The molecule has 4 aromatic rings. The lowest BCUT2D eigenvalue weighted by molar-refractivity contribution is 0.565. The molecule has 33 heavy (non-hydrogen) atoms. The number of hydrogen-bond acceptors (Lipinski definition) is 3. The van der Waals surface area contributed by atoms with Crippen molar-refractivity contribution in [1.82, 2.24) is 19.9 Å². The molecule has 0 spiro atoms. The lowest BCUT2D eigenvalue weighted by atomic mass is 9.96. The summed E-state index contributed by atoms with van der Waals surface area (Å²) in [6.07, 6.45) is 3.66. The van der Waals surface area contributed by atoms with Crippen LogP contribution in [0.2, 0.25) is 0 Å². The lowest BCUT2D eigenvalue weighted by Gasteiger charge is -2.28. The molecule has 1 N–H and O–H groups in total. The minimum absolute atomic E-state index is 0.0587. The summed E-state index contributed by atoms with van der Waals surface area (Å²) in [7, 11) is 0. The summed E-state index contributed by atoms with van der Waals surface area (Å²) in [5.41, 5.74) is 6.65. The molecule has 5 rings (SSSR count). The van der Waals surface area contributed by atoms with E-state index < -0.39 is 0 Å². The van der Waals surface area contributed by atoms with Crippen molar-refractivity contribution in [3.63, 3.8) is 0 Å². The van der Waals surface area contributed by atoms with E-state index in [2.05, 4.69) is 91.8 Å². The number of anilines is 1. The van der Waals surface area contributed by atoms with Crippen LogP contribution in [0, 0.1) is 20.8 Å². The molecule has 1 fully saturated rings. The molecule has 166 valence electrons. The highest BCUT2D eigenvalue weighted by Gasteiger charge is 2.42. The van der Waals surface area contributed by atoms with E-state index >= 15 is 0 Å². The Morgan fingerprint density at radius 3 is 2.36 bits per heavy atom. The second-order valence-corrected chi connectivity index (χ2v) is 9.52.